The molecule has 6 aromatic carbocycles. The molecule has 0 saturated carbocycles. The number of ether oxygens (including phenoxy) is 2. The molecular formula is C55H50N4O8. The molecule has 3 aliphatic rings. The highest BCUT2D eigenvalue weighted by Gasteiger charge is 2.76. The number of cyclic esters (lactones) is 1. The van der Waals surface area contributed by atoms with Crippen LogP contribution in [0.5, 0.6) is 5.75 Å². The molecule has 7 atom stereocenters. The van der Waals surface area contributed by atoms with Crippen LogP contribution in [-0.4, -0.2) is 76.7 Å². The monoisotopic (exact) mass is 894 g/mol. The summed E-state index contributed by atoms with van der Waals surface area (Å²) in [5, 5.41) is 24.8. The Morgan fingerprint density at radius 3 is 2.12 bits per heavy atom. The van der Waals surface area contributed by atoms with Gasteiger partial charge in [-0.05, 0) is 66.1 Å². The molecule has 3 heterocycles. The third-order valence-electron chi connectivity index (χ3n) is 13.0. The SMILES string of the molecule is C[C@@H](NC(=O)N1C(=O)[C@@]2(c3cc(C#CCN(C)Cc4ccccc4)ccc31)[C@H](C(=O)O)[C@H]1C(=O)O[C@H](c3ccccc3)[C@H](c3ccccc3)N1[C@@H]2c1ccccc1OCCO)c1ccccc1. The number of carboxylic acids is 1. The fraction of sp³-hybridized carbons (Fsp3) is 0.236. The van der Waals surface area contributed by atoms with E-state index in [1.54, 1.807) is 49.4 Å². The lowest BCUT2D eigenvalue weighted by Gasteiger charge is -2.46. The van der Waals surface area contributed by atoms with Crippen molar-refractivity contribution in [2.24, 2.45) is 5.92 Å². The lowest BCUT2D eigenvalue weighted by atomic mass is 9.65. The number of carbonyl (C=O) groups is 4. The molecule has 67 heavy (non-hydrogen) atoms. The van der Waals surface area contributed by atoms with E-state index in [0.717, 1.165) is 16.0 Å². The van der Waals surface area contributed by atoms with Crippen LogP contribution in [0.2, 0.25) is 0 Å². The van der Waals surface area contributed by atoms with Gasteiger partial charge >= 0.3 is 18.0 Å². The molecule has 0 radical (unpaired) electrons. The van der Waals surface area contributed by atoms with Gasteiger partial charge in [0.2, 0.25) is 5.91 Å². The molecule has 9 rings (SSSR count). The number of urea groups is 1. The van der Waals surface area contributed by atoms with Crippen LogP contribution in [0.1, 0.15) is 70.1 Å². The minimum atomic E-state index is -2.18. The summed E-state index contributed by atoms with van der Waals surface area (Å²) in [6.45, 7) is 2.40. The zero-order valence-electron chi connectivity index (χ0n) is 37.1. The Morgan fingerprint density at radius 2 is 1.45 bits per heavy atom. The van der Waals surface area contributed by atoms with Crippen LogP contribution in [-0.2, 0) is 31.1 Å². The van der Waals surface area contributed by atoms with E-state index < -0.39 is 65.5 Å². The zero-order valence-corrected chi connectivity index (χ0v) is 37.1. The molecule has 0 aromatic heterocycles. The van der Waals surface area contributed by atoms with Crippen molar-refractivity contribution in [2.75, 3.05) is 31.7 Å². The van der Waals surface area contributed by atoms with Crippen LogP contribution in [0, 0.1) is 17.8 Å². The van der Waals surface area contributed by atoms with Gasteiger partial charge in [-0.2, -0.15) is 0 Å². The molecule has 2 fully saturated rings. The van der Waals surface area contributed by atoms with Crippen LogP contribution < -0.4 is 15.0 Å². The number of aliphatic carboxylic acids is 1. The van der Waals surface area contributed by atoms with Crippen molar-refractivity contribution in [2.45, 2.75) is 49.2 Å². The number of fused-ring (bicyclic) bond motifs is 3. The lowest BCUT2D eigenvalue weighted by molar-refractivity contribution is -0.179. The van der Waals surface area contributed by atoms with Crippen molar-refractivity contribution in [3.8, 4) is 17.6 Å². The Balaban J connectivity index is 1.28. The number of nitrogens with one attached hydrogen (secondary N) is 1. The van der Waals surface area contributed by atoms with E-state index in [4.69, 9.17) is 9.47 Å². The molecule has 0 aliphatic carbocycles. The molecule has 1 spiro atoms. The highest BCUT2D eigenvalue weighted by molar-refractivity contribution is 6.24. The molecule has 0 bridgehead atoms. The number of aliphatic hydroxyl groups is 1. The van der Waals surface area contributed by atoms with Gasteiger partial charge in [0.1, 0.15) is 35.8 Å². The maximum Gasteiger partial charge on any atom is 0.329 e. The van der Waals surface area contributed by atoms with Crippen molar-refractivity contribution >= 4 is 29.6 Å². The number of anilines is 1. The van der Waals surface area contributed by atoms with Crippen molar-refractivity contribution < 1.29 is 38.9 Å². The first kappa shape index (κ1) is 44.6. The van der Waals surface area contributed by atoms with Crippen LogP contribution in [0.25, 0.3) is 0 Å². The molecule has 3 amide bonds. The first-order chi connectivity index (χ1) is 32.6. The summed E-state index contributed by atoms with van der Waals surface area (Å²) < 4.78 is 12.6. The average molecular weight is 895 g/mol. The number of carboxylic acid groups (broad SMARTS) is 1. The lowest BCUT2D eigenvalue weighted by Crippen LogP contribution is -2.54. The van der Waals surface area contributed by atoms with Gasteiger partial charge in [-0.3, -0.25) is 24.2 Å². The largest absolute Gasteiger partial charge is 0.491 e. The first-order valence-electron chi connectivity index (χ1n) is 22.3. The van der Waals surface area contributed by atoms with Gasteiger partial charge in [-0.25, -0.2) is 9.69 Å². The number of benzene rings is 6. The molecule has 338 valence electrons. The molecule has 3 N–H and O–H groups in total. The van der Waals surface area contributed by atoms with Crippen molar-refractivity contribution in [3.63, 3.8) is 0 Å². The van der Waals surface area contributed by atoms with Crippen molar-refractivity contribution in [1.29, 1.82) is 0 Å². The summed E-state index contributed by atoms with van der Waals surface area (Å²) in [6, 6.07) is 44.8. The molecule has 12 heteroatoms. The minimum Gasteiger partial charge on any atom is -0.491 e. The Hall–Kier alpha value is -7.56. The normalized spacial score (nSPS) is 22.3. The smallest absolute Gasteiger partial charge is 0.329 e. The van der Waals surface area contributed by atoms with Gasteiger partial charge in [-0.1, -0.05) is 151 Å². The van der Waals surface area contributed by atoms with E-state index in [1.807, 2.05) is 133 Å². The van der Waals surface area contributed by atoms with E-state index in [0.29, 0.717) is 35.3 Å². The van der Waals surface area contributed by atoms with Crippen LogP contribution in [0.4, 0.5) is 10.5 Å². The number of morpholine rings is 1. The summed E-state index contributed by atoms with van der Waals surface area (Å²) >= 11 is 0. The third kappa shape index (κ3) is 8.23. The quantitative estimate of drug-likeness (QED) is 0.0823. The van der Waals surface area contributed by atoms with Crippen LogP contribution in [0.15, 0.2) is 164 Å². The second-order valence-electron chi connectivity index (χ2n) is 17.1. The van der Waals surface area contributed by atoms with Gasteiger partial charge in [-0.15, -0.1) is 0 Å². The number of aliphatic hydroxyl groups excluding tert-OH is 1. The third-order valence-corrected chi connectivity index (χ3v) is 13.0. The summed E-state index contributed by atoms with van der Waals surface area (Å²) in [5.41, 5.74) is 2.30. The van der Waals surface area contributed by atoms with E-state index >= 15 is 9.59 Å². The predicted molar refractivity (Wildman–Crippen MR) is 252 cm³/mol. The summed E-state index contributed by atoms with van der Waals surface area (Å²) in [5.74, 6) is 1.85. The maximum atomic E-state index is 16.3. The maximum absolute atomic E-state index is 16.3. The number of nitrogens with zero attached hydrogens (tertiary/aromatic N) is 3. The van der Waals surface area contributed by atoms with Gasteiger partial charge in [0.25, 0.3) is 0 Å². The van der Waals surface area contributed by atoms with Crippen molar-refractivity contribution in [1.82, 2.24) is 15.1 Å². The van der Waals surface area contributed by atoms with Gasteiger partial charge in [0.05, 0.1) is 37.0 Å². The number of imide groups is 1. The molecule has 2 saturated heterocycles. The fourth-order valence-electron chi connectivity index (χ4n) is 10.2. The highest BCUT2D eigenvalue weighted by atomic mass is 16.6. The predicted octanol–water partition coefficient (Wildman–Crippen LogP) is 7.76. The topological polar surface area (TPSA) is 149 Å². The number of carbonyl (C=O) groups excluding carboxylic acids is 3. The Morgan fingerprint density at radius 1 is 0.821 bits per heavy atom. The van der Waals surface area contributed by atoms with E-state index in [-0.39, 0.29) is 30.2 Å². The van der Waals surface area contributed by atoms with Gasteiger partial charge in [0, 0.05) is 17.7 Å². The van der Waals surface area contributed by atoms with E-state index in [2.05, 4.69) is 22.1 Å². The summed E-state index contributed by atoms with van der Waals surface area (Å²) in [7, 11) is 1.96. The molecule has 12 nitrogen and oxygen atoms in total. The van der Waals surface area contributed by atoms with Gasteiger partial charge < -0.3 is 25.0 Å². The van der Waals surface area contributed by atoms with Crippen molar-refractivity contribution in [3.05, 3.63) is 203 Å². The molecule has 3 aliphatic heterocycles. The second-order valence-corrected chi connectivity index (χ2v) is 17.1. The summed E-state index contributed by atoms with van der Waals surface area (Å²) in [4.78, 5) is 65.6. The Bertz CT molecular complexity index is 2840. The number of rotatable bonds is 12. The second kappa shape index (κ2) is 19.1. The molecule has 0 unspecified atom stereocenters. The zero-order chi connectivity index (χ0) is 46.7. The number of esters is 1. The standard InChI is InChI=1S/C55H50N4O8/c1-36(39-21-9-4-10-22-39)56-54(65)58-44-30-29-37(20-17-31-57(2)35-38-18-7-3-8-19-38)34-43(44)55(53(58)64)46(51(61)62)48-52(63)67-49(41-25-13-6-14-26-41)47(40-23-11-5-12-24-40)59(48)50(55)42-27-15-16-28-45(42)66-33-32-60/h3-16,18-19,21-30,34,36,46-50,60H,31-33,35H2,1-2H3,(H,56,65)(H,61,62)/t36-,46+,47+,48+,49-,50-,55+/m1/s1. The summed E-state index contributed by atoms with van der Waals surface area (Å²) in [6.07, 6.45) is -0.961. The van der Waals surface area contributed by atoms with Crippen LogP contribution >= 0.6 is 0 Å². The average Bonchev–Trinajstić information content (AvgIpc) is 3.81. The highest BCUT2D eigenvalue weighted by Crippen LogP contribution is 2.66. The number of hydrogen-bond donors (Lipinski definition) is 3. The molecular weight excluding hydrogens is 845 g/mol. The number of para-hydroxylation sites is 1. The number of amides is 3. The Kier molecular flexibility index (Phi) is 12.7. The van der Waals surface area contributed by atoms with E-state index in [1.165, 1.54) is 0 Å². The van der Waals surface area contributed by atoms with Crippen LogP contribution in [0.3, 0.4) is 0 Å². The van der Waals surface area contributed by atoms with E-state index in [9.17, 15) is 19.8 Å². The minimum absolute atomic E-state index is 0.117. The number of hydrogen-bond acceptors (Lipinski definition) is 9. The Labute approximate surface area is 389 Å². The molecule has 6 aromatic rings. The fourth-order valence-corrected chi connectivity index (χ4v) is 10.2. The van der Waals surface area contributed by atoms with Gasteiger partial charge in [0.15, 0.2) is 0 Å². The first-order valence-corrected chi connectivity index (χ1v) is 22.3.